The average Bonchev–Trinajstić information content (AvgIpc) is 2.42. The van der Waals surface area contributed by atoms with Crippen molar-refractivity contribution in [3.8, 4) is 5.75 Å². The molecule has 0 amide bonds. The Hall–Kier alpha value is -1.40. The molecule has 0 bridgehead atoms. The molecule has 0 saturated heterocycles. The maximum atomic E-state index is 12.2. The van der Waals surface area contributed by atoms with Crippen LogP contribution in [-0.2, 0) is 11.2 Å². The molecule has 4 nitrogen and oxygen atoms in total. The Morgan fingerprint density at radius 1 is 1.30 bits per heavy atom. The number of hydrogen-bond acceptors (Lipinski definition) is 4. The number of rotatable bonds is 7. The van der Waals surface area contributed by atoms with Crippen molar-refractivity contribution in [1.29, 1.82) is 0 Å². The molecule has 1 aliphatic rings. The number of halogens is 2. The van der Waals surface area contributed by atoms with Crippen molar-refractivity contribution < 1.29 is 23.4 Å². The van der Waals surface area contributed by atoms with Crippen LogP contribution in [0.3, 0.4) is 0 Å². The number of benzene rings is 1. The molecule has 1 aromatic rings. The number of ether oxygens (including phenoxy) is 2. The first kappa shape index (κ1) is 15.0. The van der Waals surface area contributed by atoms with Crippen LogP contribution in [0.2, 0.25) is 0 Å². The summed E-state index contributed by atoms with van der Waals surface area (Å²) >= 11 is 0. The maximum absolute atomic E-state index is 12.2. The Morgan fingerprint density at radius 3 is 2.90 bits per heavy atom. The molecule has 0 aliphatic carbocycles. The Bertz CT molecular complexity index is 429. The predicted molar refractivity (Wildman–Crippen MR) is 71.5 cm³/mol. The first-order valence-electron chi connectivity index (χ1n) is 6.72. The second-order valence-corrected chi connectivity index (χ2v) is 4.60. The average molecular weight is 287 g/mol. The van der Waals surface area contributed by atoms with E-state index >= 15 is 0 Å². The molecule has 1 aliphatic heterocycles. The Balaban J connectivity index is 1.99. The van der Waals surface area contributed by atoms with E-state index in [0.29, 0.717) is 13.2 Å². The number of hydrogen-bond donors (Lipinski definition) is 1. The Kier molecular flexibility index (Phi) is 5.55. The second kappa shape index (κ2) is 7.40. The third-order valence-corrected chi connectivity index (χ3v) is 3.23. The van der Waals surface area contributed by atoms with E-state index in [-0.39, 0.29) is 12.4 Å². The van der Waals surface area contributed by atoms with Gasteiger partial charge in [0.15, 0.2) is 0 Å². The van der Waals surface area contributed by atoms with Crippen LogP contribution in [0.5, 0.6) is 5.75 Å². The van der Waals surface area contributed by atoms with Crippen molar-refractivity contribution in [2.75, 3.05) is 37.8 Å². The molecule has 0 unspecified atom stereocenters. The molecule has 0 saturated carbocycles. The first-order valence-corrected chi connectivity index (χ1v) is 6.72. The highest BCUT2D eigenvalue weighted by molar-refractivity contribution is 5.58. The van der Waals surface area contributed by atoms with Gasteiger partial charge in [-0.15, -0.1) is 0 Å². The Labute approximate surface area is 116 Å². The van der Waals surface area contributed by atoms with Crippen LogP contribution in [0, 0.1) is 0 Å². The van der Waals surface area contributed by atoms with Crippen LogP contribution in [0.25, 0.3) is 0 Å². The lowest BCUT2D eigenvalue weighted by Crippen LogP contribution is -2.32. The van der Waals surface area contributed by atoms with Gasteiger partial charge in [0.1, 0.15) is 5.75 Å². The minimum Gasteiger partial charge on any atom is -0.435 e. The molecular weight excluding hydrogens is 268 g/mol. The standard InChI is InChI=1S/C14H19F2NO3/c15-14(16)20-12-3-4-13-11(10-12)2-1-5-17(13)6-8-19-9-7-18/h3-4,10,14,18H,1-2,5-9H2. The number of anilines is 1. The zero-order valence-electron chi connectivity index (χ0n) is 11.2. The summed E-state index contributed by atoms with van der Waals surface area (Å²) in [5.41, 5.74) is 2.07. The zero-order chi connectivity index (χ0) is 14.4. The van der Waals surface area contributed by atoms with Crippen molar-refractivity contribution in [3.05, 3.63) is 23.8 Å². The third kappa shape index (κ3) is 4.05. The third-order valence-electron chi connectivity index (χ3n) is 3.23. The fourth-order valence-corrected chi connectivity index (χ4v) is 2.40. The predicted octanol–water partition coefficient (Wildman–Crippen LogP) is 2.05. The summed E-state index contributed by atoms with van der Waals surface area (Å²) in [6.07, 6.45) is 1.84. The van der Waals surface area contributed by atoms with Crippen molar-refractivity contribution in [1.82, 2.24) is 0 Å². The lowest BCUT2D eigenvalue weighted by Gasteiger charge is -2.31. The summed E-state index contributed by atoms with van der Waals surface area (Å²) in [5, 5.41) is 8.65. The zero-order valence-corrected chi connectivity index (χ0v) is 11.2. The number of aryl methyl sites for hydroxylation is 1. The molecule has 20 heavy (non-hydrogen) atoms. The molecule has 1 N–H and O–H groups in total. The molecule has 0 fully saturated rings. The molecule has 0 aromatic heterocycles. The molecule has 1 aromatic carbocycles. The van der Waals surface area contributed by atoms with Crippen molar-refractivity contribution in [2.45, 2.75) is 19.5 Å². The van der Waals surface area contributed by atoms with Crippen LogP contribution < -0.4 is 9.64 Å². The van der Waals surface area contributed by atoms with E-state index in [1.807, 2.05) is 6.07 Å². The highest BCUT2D eigenvalue weighted by atomic mass is 19.3. The quantitative estimate of drug-likeness (QED) is 0.779. The van der Waals surface area contributed by atoms with Gasteiger partial charge in [-0.25, -0.2) is 0 Å². The van der Waals surface area contributed by atoms with E-state index < -0.39 is 6.61 Å². The highest BCUT2D eigenvalue weighted by Gasteiger charge is 2.17. The molecular formula is C14H19F2NO3. The van der Waals surface area contributed by atoms with Gasteiger partial charge in [-0.2, -0.15) is 8.78 Å². The van der Waals surface area contributed by atoms with Crippen LogP contribution in [0.4, 0.5) is 14.5 Å². The van der Waals surface area contributed by atoms with Gasteiger partial charge in [-0.3, -0.25) is 0 Å². The van der Waals surface area contributed by atoms with Crippen LogP contribution >= 0.6 is 0 Å². The summed E-state index contributed by atoms with van der Waals surface area (Å²) in [4.78, 5) is 2.17. The van der Waals surface area contributed by atoms with Crippen molar-refractivity contribution in [3.63, 3.8) is 0 Å². The van der Waals surface area contributed by atoms with Crippen molar-refractivity contribution >= 4 is 5.69 Å². The minimum absolute atomic E-state index is 0.0188. The number of nitrogens with zero attached hydrogens (tertiary/aromatic N) is 1. The van der Waals surface area contributed by atoms with Gasteiger partial charge in [0, 0.05) is 18.8 Å². The van der Waals surface area contributed by atoms with Gasteiger partial charge in [-0.1, -0.05) is 0 Å². The summed E-state index contributed by atoms with van der Waals surface area (Å²) in [5.74, 6) is 0.206. The smallest absolute Gasteiger partial charge is 0.387 e. The first-order chi connectivity index (χ1) is 9.70. The largest absolute Gasteiger partial charge is 0.435 e. The fourth-order valence-electron chi connectivity index (χ4n) is 2.40. The molecule has 112 valence electrons. The fraction of sp³-hybridized carbons (Fsp3) is 0.571. The van der Waals surface area contributed by atoms with Gasteiger partial charge in [-0.05, 0) is 36.6 Å². The van der Waals surface area contributed by atoms with Gasteiger partial charge >= 0.3 is 6.61 Å². The number of aliphatic hydroxyl groups is 1. The van der Waals surface area contributed by atoms with Gasteiger partial charge in [0.05, 0.1) is 19.8 Å². The van der Waals surface area contributed by atoms with Crippen molar-refractivity contribution in [2.24, 2.45) is 0 Å². The molecule has 2 rings (SSSR count). The van der Waals surface area contributed by atoms with E-state index in [4.69, 9.17) is 9.84 Å². The molecule has 6 heteroatoms. The summed E-state index contributed by atoms with van der Waals surface area (Å²) in [6, 6.07) is 5.07. The van der Waals surface area contributed by atoms with E-state index in [9.17, 15) is 8.78 Å². The topological polar surface area (TPSA) is 41.9 Å². The lowest BCUT2D eigenvalue weighted by molar-refractivity contribution is -0.0498. The van der Waals surface area contributed by atoms with Gasteiger partial charge < -0.3 is 19.5 Å². The maximum Gasteiger partial charge on any atom is 0.387 e. The summed E-state index contributed by atoms with van der Waals surface area (Å²) in [6.45, 7) is -0.256. The molecule has 1 heterocycles. The molecule has 0 spiro atoms. The van der Waals surface area contributed by atoms with E-state index in [1.165, 1.54) is 0 Å². The number of fused-ring (bicyclic) bond motifs is 1. The second-order valence-electron chi connectivity index (χ2n) is 4.60. The summed E-state index contributed by atoms with van der Waals surface area (Å²) in [7, 11) is 0. The van der Waals surface area contributed by atoms with Gasteiger partial charge in [0.25, 0.3) is 0 Å². The van der Waals surface area contributed by atoms with E-state index in [2.05, 4.69) is 9.64 Å². The van der Waals surface area contributed by atoms with Gasteiger partial charge in [0.2, 0.25) is 0 Å². The molecule has 0 radical (unpaired) electrons. The lowest BCUT2D eigenvalue weighted by atomic mass is 10.0. The highest BCUT2D eigenvalue weighted by Crippen LogP contribution is 2.30. The number of alkyl halides is 2. The summed E-state index contributed by atoms with van der Waals surface area (Å²) < 4.78 is 34.1. The number of aliphatic hydroxyl groups excluding tert-OH is 1. The molecule has 0 atom stereocenters. The minimum atomic E-state index is -2.79. The monoisotopic (exact) mass is 287 g/mol. The Morgan fingerprint density at radius 2 is 2.15 bits per heavy atom. The SMILES string of the molecule is OCCOCCN1CCCc2cc(OC(F)F)ccc21. The van der Waals surface area contributed by atoms with E-state index in [0.717, 1.165) is 37.2 Å². The van der Waals surface area contributed by atoms with E-state index in [1.54, 1.807) is 12.1 Å². The van der Waals surface area contributed by atoms with Crippen LogP contribution in [0.15, 0.2) is 18.2 Å². The normalized spacial score (nSPS) is 14.5. The van der Waals surface area contributed by atoms with Crippen LogP contribution in [-0.4, -0.2) is 44.6 Å². The van der Waals surface area contributed by atoms with Crippen LogP contribution in [0.1, 0.15) is 12.0 Å².